The molecule has 768 valence electrons. The fraction of sp³-hybridized carbons (Fsp3) is 0.500. The summed E-state index contributed by atoms with van der Waals surface area (Å²) < 4.78 is 561. The minimum absolute atomic E-state index is 0. The van der Waals surface area contributed by atoms with Crippen LogP contribution in [0.2, 0.25) is 145 Å². The number of rotatable bonds is 16. The quantitative estimate of drug-likeness (QED) is 0.0514. The number of benzene rings is 8. The second kappa shape index (κ2) is 37.5. The molecule has 8 rings (SSSR count). The monoisotopic (exact) mass is 2150 g/mol. The maximum atomic E-state index is 17.8. The van der Waals surface area contributed by atoms with Gasteiger partial charge in [0.05, 0.1) is 64.6 Å². The molecule has 43 heteroatoms. The predicted octanol–water partition coefficient (Wildman–Crippen LogP) is 23.9. The molecule has 0 saturated heterocycles. The minimum atomic E-state index is -6.78. The van der Waals surface area contributed by atoms with Crippen molar-refractivity contribution in [1.82, 2.24) is 0 Å². The summed E-state index contributed by atoms with van der Waals surface area (Å²) in [6.07, 6.45) is -13.6. The van der Waals surface area contributed by atoms with E-state index in [2.05, 4.69) is 0 Å². The van der Waals surface area contributed by atoms with Gasteiger partial charge in [0, 0.05) is 41.5 Å². The molecule has 0 spiro atoms. The third-order valence-electron chi connectivity index (χ3n) is 33.8. The standard InChI is InChI=1S/2C48H60BF16Si4.Mg/c2*1-45(2,3)66(13,14)41-33(58)25(50)21(26(51)34(41)59)49(22-27(52)35(60)42(36(61)28(22)53)67(15,16)46(4,5)6,23-29(54)37(62)43(38(63)30(23)55)68(17,18)47(7,8)9)24-31(56)39(64)44(40(65)32(24)57)69(19,20)48(10,11)12;/h2*1-20H3;/q2*-1;+2. The molecule has 0 unspecified atom stereocenters. The van der Waals surface area contributed by atoms with Crippen molar-refractivity contribution >= 4 is 185 Å². The first-order chi connectivity index (χ1) is 61.1. The summed E-state index contributed by atoms with van der Waals surface area (Å²) in [6, 6.07) is 0. The minimum Gasteiger partial charge on any atom is -0.207 e. The van der Waals surface area contributed by atoms with Gasteiger partial charge >= 0.3 is 23.1 Å². The molecule has 0 heterocycles. The smallest absolute Gasteiger partial charge is 0.207 e. The molecule has 0 atom stereocenters. The second-order valence-electron chi connectivity index (χ2n) is 49.1. The molecule has 0 aromatic heterocycles. The summed E-state index contributed by atoms with van der Waals surface area (Å²) in [5, 5.41) is -21.5. The zero-order valence-corrected chi connectivity index (χ0v) is 95.4. The van der Waals surface area contributed by atoms with Crippen LogP contribution in [0.4, 0.5) is 140 Å². The summed E-state index contributed by atoms with van der Waals surface area (Å²) in [7, 11) is -32.2. The van der Waals surface area contributed by atoms with Gasteiger partial charge in [-0.2, -0.15) is 0 Å². The number of halogens is 32. The van der Waals surface area contributed by atoms with Crippen molar-refractivity contribution in [1.29, 1.82) is 0 Å². The average Bonchev–Trinajstić information content (AvgIpc) is 0.673. The van der Waals surface area contributed by atoms with Crippen molar-refractivity contribution < 1.29 is 140 Å². The van der Waals surface area contributed by atoms with Crippen LogP contribution in [0.5, 0.6) is 0 Å². The molecule has 0 aliphatic carbocycles. The summed E-state index contributed by atoms with van der Waals surface area (Å²) in [6.45, 7) is 52.2. The van der Waals surface area contributed by atoms with Crippen LogP contribution in [0.1, 0.15) is 166 Å². The Morgan fingerprint density at radius 2 is 0.165 bits per heavy atom. The molecule has 0 amide bonds. The third kappa shape index (κ3) is 17.8. The van der Waals surface area contributed by atoms with Gasteiger partial charge < -0.3 is 0 Å². The van der Waals surface area contributed by atoms with Gasteiger partial charge in [-0.05, 0) is 40.3 Å². The van der Waals surface area contributed by atoms with Crippen LogP contribution >= 0.6 is 0 Å². The molecule has 0 aliphatic rings. The van der Waals surface area contributed by atoms with Crippen molar-refractivity contribution in [2.24, 2.45) is 0 Å². The van der Waals surface area contributed by atoms with Crippen LogP contribution in [0.25, 0.3) is 0 Å². The molecule has 0 N–H and O–H groups in total. The van der Waals surface area contributed by atoms with Gasteiger partial charge in [-0.1, -0.05) is 271 Å². The summed E-state index contributed by atoms with van der Waals surface area (Å²) >= 11 is 0. The van der Waals surface area contributed by atoms with Crippen LogP contribution in [0, 0.1) is 186 Å². The molecular formula is C96H120B2F32MgSi8. The Bertz CT molecular complexity index is 4980. The zero-order valence-electron chi connectivity index (χ0n) is 86.0. The van der Waals surface area contributed by atoms with Crippen LogP contribution in [-0.4, -0.2) is 99.9 Å². The fourth-order valence-electron chi connectivity index (χ4n) is 17.4. The molecule has 0 fully saturated rings. The van der Waals surface area contributed by atoms with Crippen LogP contribution in [0.3, 0.4) is 0 Å². The average molecular weight is 2150 g/mol. The molecule has 0 aliphatic heterocycles. The largest absolute Gasteiger partial charge is 2.00 e. The van der Waals surface area contributed by atoms with Crippen molar-refractivity contribution in [2.75, 3.05) is 0 Å². The van der Waals surface area contributed by atoms with E-state index in [1.807, 2.05) is 0 Å². The summed E-state index contributed by atoms with van der Waals surface area (Å²) in [4.78, 5) is 0. The van der Waals surface area contributed by atoms with Gasteiger partial charge in [0.2, 0.25) is 0 Å². The Labute approximate surface area is 817 Å². The van der Waals surface area contributed by atoms with E-state index >= 15 is 140 Å². The Balaban J connectivity index is 0.000000423. The maximum absolute atomic E-state index is 17.8. The van der Waals surface area contributed by atoms with E-state index in [0.717, 1.165) is 0 Å². The molecule has 8 aromatic carbocycles. The molecule has 0 saturated carbocycles. The van der Waals surface area contributed by atoms with Gasteiger partial charge in [0.15, 0.2) is 93.1 Å². The van der Waals surface area contributed by atoms with E-state index in [1.165, 1.54) is 271 Å². The first kappa shape index (κ1) is 122. The van der Waals surface area contributed by atoms with E-state index < -0.39 is 389 Å². The van der Waals surface area contributed by atoms with Crippen LogP contribution < -0.4 is 85.2 Å². The normalized spacial score (nSPS) is 14.0. The topological polar surface area (TPSA) is 0 Å². The molecule has 0 radical (unpaired) electrons. The van der Waals surface area contributed by atoms with Gasteiger partial charge in [-0.3, -0.25) is 0 Å². The van der Waals surface area contributed by atoms with E-state index in [9.17, 15) is 0 Å². The van der Waals surface area contributed by atoms with E-state index in [4.69, 9.17) is 0 Å². The molecule has 139 heavy (non-hydrogen) atoms. The Kier molecular flexibility index (Phi) is 32.9. The summed E-state index contributed by atoms with van der Waals surface area (Å²) in [5.74, 6) is -88.6. The van der Waals surface area contributed by atoms with E-state index in [1.54, 1.807) is 0 Å². The van der Waals surface area contributed by atoms with Crippen molar-refractivity contribution in [3.8, 4) is 0 Å². The van der Waals surface area contributed by atoms with Crippen LogP contribution in [0.15, 0.2) is 0 Å². The Hall–Kier alpha value is -5.85. The molecule has 0 nitrogen and oxygen atoms in total. The first-order valence-corrected chi connectivity index (χ1v) is 68.4. The SMILES string of the molecule is CC(C)(C)[Si](C)(C)c1c(F)c(F)c([B-](c2c(F)c(F)c([Si](C)(C)C(C)(C)C)c(F)c2F)(c2c(F)c(F)c([Si](C)(C)C(C)(C)C)c(F)c2F)c2c(F)c(F)c([Si](C)(C)C(C)(C)C)c(F)c2F)c(F)c1F.CC(C)(C)[Si](C)(C)c1c(F)c(F)c([B-](c2c(F)c(F)c([Si](C)(C)C(C)(C)C)c(F)c2F)(c2c(F)c(F)c([Si](C)(C)C(C)(C)C)c(F)c2F)c2c(F)c(F)c([Si](C)(C)C(C)(C)C)c(F)c2F)c(F)c1F.[Mg+2]. The fourth-order valence-corrected chi connectivity index (χ4v) is 33.9. The van der Waals surface area contributed by atoms with Crippen molar-refractivity contribution in [2.45, 2.75) is 311 Å². The van der Waals surface area contributed by atoms with Gasteiger partial charge in [0.25, 0.3) is 0 Å². The zero-order chi connectivity index (χ0) is 109. The molecular weight excluding hydrogens is 2030 g/mol. The molecule has 0 bridgehead atoms. The Morgan fingerprint density at radius 3 is 0.209 bits per heavy atom. The second-order valence-corrected chi connectivity index (χ2v) is 91.1. The first-order valence-electron chi connectivity index (χ1n) is 44.4. The van der Waals surface area contributed by atoms with Gasteiger partial charge in [0.1, 0.15) is 105 Å². The molecule has 8 aromatic rings. The third-order valence-corrected chi connectivity index (χ3v) is 77.4. The van der Waals surface area contributed by atoms with E-state index in [-0.39, 0.29) is 23.1 Å². The van der Waals surface area contributed by atoms with Gasteiger partial charge in [-0.25, -0.2) is 140 Å². The van der Waals surface area contributed by atoms with Gasteiger partial charge in [-0.15, -0.1) is 43.7 Å². The Morgan fingerprint density at radius 1 is 0.115 bits per heavy atom. The van der Waals surface area contributed by atoms with Crippen LogP contribution in [-0.2, 0) is 0 Å². The van der Waals surface area contributed by atoms with Crippen molar-refractivity contribution in [3.05, 3.63) is 186 Å². The number of hydrogen-bond donors (Lipinski definition) is 0. The summed E-state index contributed by atoms with van der Waals surface area (Å²) in [5.41, 5.74) is -23.4. The number of hydrogen-bond acceptors (Lipinski definition) is 0. The predicted molar refractivity (Wildman–Crippen MR) is 519 cm³/mol. The van der Waals surface area contributed by atoms with Crippen molar-refractivity contribution in [3.63, 3.8) is 0 Å². The maximum Gasteiger partial charge on any atom is 2.00 e. The van der Waals surface area contributed by atoms with E-state index in [0.29, 0.717) is 0 Å².